The molecule has 2 heterocycles. The zero-order valence-corrected chi connectivity index (χ0v) is 9.71. The quantitative estimate of drug-likeness (QED) is 0.879. The zero-order chi connectivity index (χ0) is 11.7. The molecule has 5 heteroatoms. The number of fused-ring (bicyclic) bond motifs is 1. The van der Waals surface area contributed by atoms with E-state index in [1.54, 1.807) is 12.3 Å². The number of aryl methyl sites for hydroxylation is 1. The van der Waals surface area contributed by atoms with Crippen molar-refractivity contribution in [2.45, 2.75) is 19.9 Å². The molecule has 0 aliphatic heterocycles. The summed E-state index contributed by atoms with van der Waals surface area (Å²) in [6, 6.07) is 1.74. The minimum Gasteiger partial charge on any atom is -0.365 e. The minimum atomic E-state index is -0.664. The Morgan fingerprint density at radius 1 is 1.56 bits per heavy atom. The normalized spacial score (nSPS) is 10.8. The molecule has 2 aromatic rings. The van der Waals surface area contributed by atoms with Gasteiger partial charge in [0.2, 0.25) is 5.43 Å². The molecule has 0 spiro atoms. The molecule has 0 aromatic carbocycles. The maximum absolute atomic E-state index is 11.9. The lowest BCUT2D eigenvalue weighted by Gasteiger charge is -2.07. The summed E-state index contributed by atoms with van der Waals surface area (Å²) >= 11 is 1.50. The van der Waals surface area contributed by atoms with Crippen molar-refractivity contribution in [2.75, 3.05) is 0 Å². The van der Waals surface area contributed by atoms with E-state index >= 15 is 0 Å². The van der Waals surface area contributed by atoms with Crippen molar-refractivity contribution in [3.05, 3.63) is 33.4 Å². The summed E-state index contributed by atoms with van der Waals surface area (Å²) in [6.45, 7) is 2.82. The summed E-state index contributed by atoms with van der Waals surface area (Å²) < 4.78 is 1.92. The summed E-state index contributed by atoms with van der Waals surface area (Å²) in [7, 11) is 0. The summed E-state index contributed by atoms with van der Waals surface area (Å²) in [6.07, 6.45) is 2.50. The van der Waals surface area contributed by atoms with Crippen LogP contribution < -0.4 is 11.2 Å². The van der Waals surface area contributed by atoms with Crippen LogP contribution >= 0.6 is 11.3 Å². The molecule has 0 aliphatic rings. The van der Waals surface area contributed by atoms with Gasteiger partial charge in [-0.2, -0.15) is 0 Å². The van der Waals surface area contributed by atoms with Crippen molar-refractivity contribution in [1.82, 2.24) is 4.57 Å². The number of carbonyl (C=O) groups excluding carboxylic acids is 1. The van der Waals surface area contributed by atoms with Crippen LogP contribution in [0.2, 0.25) is 0 Å². The van der Waals surface area contributed by atoms with Gasteiger partial charge in [-0.25, -0.2) is 0 Å². The van der Waals surface area contributed by atoms with Gasteiger partial charge in [-0.1, -0.05) is 6.92 Å². The number of hydrogen-bond donors (Lipinski definition) is 1. The second kappa shape index (κ2) is 4.09. The van der Waals surface area contributed by atoms with Crippen molar-refractivity contribution < 1.29 is 4.79 Å². The van der Waals surface area contributed by atoms with Gasteiger partial charge in [0.25, 0.3) is 5.91 Å². The van der Waals surface area contributed by atoms with Crippen LogP contribution in [0.4, 0.5) is 0 Å². The molecule has 0 unspecified atom stereocenters. The zero-order valence-electron chi connectivity index (χ0n) is 8.90. The monoisotopic (exact) mass is 236 g/mol. The number of nitrogens with zero attached hydrogens (tertiary/aromatic N) is 1. The first kappa shape index (κ1) is 10.9. The largest absolute Gasteiger partial charge is 0.365 e. The van der Waals surface area contributed by atoms with Crippen LogP contribution in [-0.4, -0.2) is 10.5 Å². The van der Waals surface area contributed by atoms with Crippen LogP contribution in [0.25, 0.3) is 10.2 Å². The Morgan fingerprint density at radius 2 is 2.31 bits per heavy atom. The fourth-order valence-corrected chi connectivity index (χ4v) is 2.60. The van der Waals surface area contributed by atoms with Gasteiger partial charge in [0.1, 0.15) is 10.4 Å². The highest BCUT2D eigenvalue weighted by atomic mass is 32.1. The van der Waals surface area contributed by atoms with Gasteiger partial charge in [-0.3, -0.25) is 9.59 Å². The van der Waals surface area contributed by atoms with Crippen LogP contribution in [-0.2, 0) is 6.54 Å². The summed E-state index contributed by atoms with van der Waals surface area (Å²) in [4.78, 5) is 23.9. The van der Waals surface area contributed by atoms with Crippen LogP contribution in [0.1, 0.15) is 23.7 Å². The van der Waals surface area contributed by atoms with E-state index in [-0.39, 0.29) is 11.0 Å². The Hall–Kier alpha value is -1.62. The Bertz CT molecular complexity index is 598. The topological polar surface area (TPSA) is 65.1 Å². The molecule has 0 aliphatic carbocycles. The smallest absolute Gasteiger partial charge is 0.254 e. The predicted octanol–water partition coefficient (Wildman–Crippen LogP) is 1.57. The molecule has 2 rings (SSSR count). The number of thiophene rings is 1. The van der Waals surface area contributed by atoms with E-state index in [0.29, 0.717) is 5.39 Å². The molecule has 0 bridgehead atoms. The minimum absolute atomic E-state index is 0.0688. The summed E-state index contributed by atoms with van der Waals surface area (Å²) in [5, 5.41) is 2.43. The van der Waals surface area contributed by atoms with Gasteiger partial charge in [0.15, 0.2) is 0 Å². The van der Waals surface area contributed by atoms with Gasteiger partial charge in [0, 0.05) is 12.7 Å². The molecule has 16 heavy (non-hydrogen) atoms. The Labute approximate surface area is 96.3 Å². The summed E-state index contributed by atoms with van der Waals surface area (Å²) in [5.41, 5.74) is 4.99. The molecule has 1 amide bonds. The average Bonchev–Trinajstić information content (AvgIpc) is 2.71. The fourth-order valence-electron chi connectivity index (χ4n) is 1.70. The lowest BCUT2D eigenvalue weighted by molar-refractivity contribution is 0.0999. The van der Waals surface area contributed by atoms with E-state index < -0.39 is 5.91 Å². The number of hydrogen-bond acceptors (Lipinski definition) is 3. The number of amides is 1. The highest BCUT2D eigenvalue weighted by Gasteiger charge is 2.13. The molecule has 2 N–H and O–H groups in total. The van der Waals surface area contributed by atoms with E-state index in [4.69, 9.17) is 5.73 Å². The third-order valence-corrected chi connectivity index (χ3v) is 3.36. The second-order valence-electron chi connectivity index (χ2n) is 3.57. The Balaban J connectivity index is 2.80. The highest BCUT2D eigenvalue weighted by Crippen LogP contribution is 2.18. The van der Waals surface area contributed by atoms with Crippen molar-refractivity contribution in [3.8, 4) is 0 Å². The van der Waals surface area contributed by atoms with Gasteiger partial charge in [-0.15, -0.1) is 11.3 Å². The fraction of sp³-hybridized carbons (Fsp3) is 0.273. The van der Waals surface area contributed by atoms with Crippen LogP contribution in [0, 0.1) is 0 Å². The van der Waals surface area contributed by atoms with E-state index in [0.717, 1.165) is 17.8 Å². The van der Waals surface area contributed by atoms with E-state index in [1.807, 2.05) is 16.9 Å². The second-order valence-corrected chi connectivity index (χ2v) is 4.46. The van der Waals surface area contributed by atoms with Crippen LogP contribution in [0.5, 0.6) is 0 Å². The van der Waals surface area contributed by atoms with Crippen molar-refractivity contribution in [1.29, 1.82) is 0 Å². The lowest BCUT2D eigenvalue weighted by atomic mass is 10.2. The molecule has 4 nitrogen and oxygen atoms in total. The number of rotatable bonds is 3. The van der Waals surface area contributed by atoms with Crippen molar-refractivity contribution in [3.63, 3.8) is 0 Å². The number of pyridine rings is 1. The molecule has 0 saturated carbocycles. The van der Waals surface area contributed by atoms with Gasteiger partial charge >= 0.3 is 0 Å². The van der Waals surface area contributed by atoms with E-state index in [2.05, 4.69) is 0 Å². The van der Waals surface area contributed by atoms with Gasteiger partial charge in [-0.05, 0) is 17.9 Å². The molecule has 0 fully saturated rings. The van der Waals surface area contributed by atoms with Gasteiger partial charge in [0.05, 0.1) is 5.39 Å². The highest BCUT2D eigenvalue weighted by molar-refractivity contribution is 7.16. The summed E-state index contributed by atoms with van der Waals surface area (Å²) in [5.74, 6) is -0.664. The first-order valence-electron chi connectivity index (χ1n) is 5.05. The third kappa shape index (κ3) is 1.63. The first-order valence-corrected chi connectivity index (χ1v) is 5.93. The average molecular weight is 236 g/mol. The van der Waals surface area contributed by atoms with Crippen LogP contribution in [0.15, 0.2) is 22.4 Å². The molecule has 0 saturated heterocycles. The number of aromatic nitrogens is 1. The Kier molecular flexibility index (Phi) is 2.78. The first-order chi connectivity index (χ1) is 7.65. The molecule has 2 aromatic heterocycles. The predicted molar refractivity (Wildman–Crippen MR) is 64.9 cm³/mol. The standard InChI is InChI=1S/C11H12N2O2S/c1-2-4-13-6-8(10(12)15)9(14)7-3-5-16-11(7)13/h3,5-6H,2,4H2,1H3,(H2,12,15). The number of carbonyl (C=O) groups is 1. The number of nitrogens with two attached hydrogens (primary N) is 1. The maximum Gasteiger partial charge on any atom is 0.254 e. The molecular formula is C11H12N2O2S. The van der Waals surface area contributed by atoms with Crippen LogP contribution in [0.3, 0.4) is 0 Å². The molecule has 0 radical (unpaired) electrons. The lowest BCUT2D eigenvalue weighted by Crippen LogP contribution is -2.23. The van der Waals surface area contributed by atoms with Gasteiger partial charge < -0.3 is 10.3 Å². The molecular weight excluding hydrogens is 224 g/mol. The van der Waals surface area contributed by atoms with E-state index in [1.165, 1.54) is 11.3 Å². The van der Waals surface area contributed by atoms with Crippen molar-refractivity contribution in [2.24, 2.45) is 5.73 Å². The maximum atomic E-state index is 11.9. The Morgan fingerprint density at radius 3 is 2.94 bits per heavy atom. The molecule has 84 valence electrons. The number of primary amides is 1. The molecule has 0 atom stereocenters. The van der Waals surface area contributed by atoms with E-state index in [9.17, 15) is 9.59 Å². The van der Waals surface area contributed by atoms with Crippen molar-refractivity contribution >= 4 is 27.5 Å². The SMILES string of the molecule is CCCn1cc(C(N)=O)c(=O)c2ccsc21. The third-order valence-electron chi connectivity index (χ3n) is 2.41.